The minimum Gasteiger partial charge on any atom is -0.333 e. The van der Waals surface area contributed by atoms with Crippen LogP contribution in [0.25, 0.3) is 0 Å². The van der Waals surface area contributed by atoms with Gasteiger partial charge in [0.25, 0.3) is 0 Å². The minimum absolute atomic E-state index is 1.50. The molecule has 1 rings (SSSR count). The smallest absolute Gasteiger partial charge is 0.0195 e. The first kappa shape index (κ1) is 4.96. The monoisotopic (exact) mass is 73.1 g/mol. The van der Waals surface area contributed by atoms with Crippen LogP contribution in [-0.2, 0) is 0 Å². The molecule has 1 heteroatoms. The fourth-order valence-corrected chi connectivity index (χ4v) is 0. The van der Waals surface area contributed by atoms with E-state index in [4.69, 9.17) is 0 Å². The highest BCUT2D eigenvalue weighted by Gasteiger charge is 1.95. The van der Waals surface area contributed by atoms with Gasteiger partial charge in [0.2, 0.25) is 0 Å². The zero-order valence-electron chi connectivity index (χ0n) is 3.70. The van der Waals surface area contributed by atoms with E-state index >= 15 is 0 Å². The average molecular weight is 73.1 g/mol. The Morgan fingerprint density at radius 2 is 1.20 bits per heavy atom. The van der Waals surface area contributed by atoms with Crippen molar-refractivity contribution in [1.29, 1.82) is 0 Å². The van der Waals surface area contributed by atoms with Crippen LogP contribution >= 0.6 is 0 Å². The standard InChI is InChI=1S/C3H6.CH5N/c1-2-3-1;1-2/h1-3H2;2H2,1H3. The SMILES string of the molecule is C1CC1.CN. The molecule has 0 radical (unpaired) electrons. The van der Waals surface area contributed by atoms with Gasteiger partial charge in [0.15, 0.2) is 0 Å². The van der Waals surface area contributed by atoms with Crippen LogP contribution in [0.15, 0.2) is 0 Å². The van der Waals surface area contributed by atoms with E-state index in [0.29, 0.717) is 0 Å². The lowest BCUT2D eigenvalue weighted by molar-refractivity contribution is 1.48. The summed E-state index contributed by atoms with van der Waals surface area (Å²) in [5.41, 5.74) is 4.50. The van der Waals surface area contributed by atoms with E-state index in [-0.39, 0.29) is 0 Å². The van der Waals surface area contributed by atoms with Crippen LogP contribution in [0.5, 0.6) is 0 Å². The Kier molecular flexibility index (Phi) is 3.93. The molecule has 5 heavy (non-hydrogen) atoms. The van der Waals surface area contributed by atoms with Gasteiger partial charge in [-0.15, -0.1) is 0 Å². The van der Waals surface area contributed by atoms with Crippen LogP contribution in [0.1, 0.15) is 19.3 Å². The fourth-order valence-electron chi connectivity index (χ4n) is 0. The molecule has 0 bridgehead atoms. The number of nitrogens with two attached hydrogens (primary N) is 1. The third-order valence-electron chi connectivity index (χ3n) is 0.354. The molecular formula is C4H11N. The van der Waals surface area contributed by atoms with Crippen LogP contribution in [-0.4, -0.2) is 7.05 Å². The highest BCUT2D eigenvalue weighted by Crippen LogP contribution is 2.14. The number of hydrogen-bond donors (Lipinski definition) is 1. The molecule has 0 aliphatic heterocycles. The predicted molar refractivity (Wildman–Crippen MR) is 24.0 cm³/mol. The Balaban J connectivity index is 0.0000000733. The summed E-state index contributed by atoms with van der Waals surface area (Å²) >= 11 is 0. The summed E-state index contributed by atoms with van der Waals surface area (Å²) in [6, 6.07) is 0. The Hall–Kier alpha value is -0.0400. The van der Waals surface area contributed by atoms with Crippen molar-refractivity contribution >= 4 is 0 Å². The summed E-state index contributed by atoms with van der Waals surface area (Å²) in [6.07, 6.45) is 4.50. The minimum atomic E-state index is 1.50. The third kappa shape index (κ3) is 16.5. The Bertz CT molecular complexity index is 8.36. The van der Waals surface area contributed by atoms with Gasteiger partial charge >= 0.3 is 0 Å². The number of hydrogen-bond acceptors (Lipinski definition) is 1. The molecule has 0 amide bonds. The van der Waals surface area contributed by atoms with Crippen molar-refractivity contribution in [1.82, 2.24) is 0 Å². The van der Waals surface area contributed by atoms with E-state index in [1.54, 1.807) is 0 Å². The normalized spacial score (nSPS) is 15.6. The van der Waals surface area contributed by atoms with Gasteiger partial charge in [0.05, 0.1) is 0 Å². The maximum atomic E-state index is 4.50. The van der Waals surface area contributed by atoms with E-state index in [1.807, 2.05) is 0 Å². The first-order valence-electron chi connectivity index (χ1n) is 2.08. The van der Waals surface area contributed by atoms with E-state index < -0.39 is 0 Å². The van der Waals surface area contributed by atoms with Crippen LogP contribution in [0, 0.1) is 0 Å². The highest BCUT2D eigenvalue weighted by molar-refractivity contribution is 4.50. The summed E-state index contributed by atoms with van der Waals surface area (Å²) in [5, 5.41) is 0. The molecule has 2 N–H and O–H groups in total. The van der Waals surface area contributed by atoms with Gasteiger partial charge in [-0.1, -0.05) is 19.3 Å². The van der Waals surface area contributed by atoms with Crippen LogP contribution < -0.4 is 5.73 Å². The van der Waals surface area contributed by atoms with Crippen LogP contribution in [0.2, 0.25) is 0 Å². The molecule has 1 aliphatic carbocycles. The molecule has 0 heterocycles. The molecule has 0 aromatic heterocycles. The molecular weight excluding hydrogens is 62.1 g/mol. The summed E-state index contributed by atoms with van der Waals surface area (Å²) in [4.78, 5) is 0. The van der Waals surface area contributed by atoms with Gasteiger partial charge in [-0.2, -0.15) is 0 Å². The molecule has 0 aromatic carbocycles. The van der Waals surface area contributed by atoms with Crippen LogP contribution in [0.4, 0.5) is 0 Å². The van der Waals surface area contributed by atoms with Crippen molar-refractivity contribution < 1.29 is 0 Å². The van der Waals surface area contributed by atoms with Crippen molar-refractivity contribution in [3.05, 3.63) is 0 Å². The van der Waals surface area contributed by atoms with Gasteiger partial charge in [-0.25, -0.2) is 0 Å². The second-order valence-corrected chi connectivity index (χ2v) is 1.06. The molecule has 1 fully saturated rings. The van der Waals surface area contributed by atoms with Gasteiger partial charge in [0, 0.05) is 0 Å². The van der Waals surface area contributed by atoms with Gasteiger partial charge < -0.3 is 5.73 Å². The predicted octanol–water partition coefficient (Wildman–Crippen LogP) is 0.745. The lowest BCUT2D eigenvalue weighted by atomic mass is 11.0. The lowest BCUT2D eigenvalue weighted by Gasteiger charge is -1.19. The summed E-state index contributed by atoms with van der Waals surface area (Å²) in [7, 11) is 1.50. The van der Waals surface area contributed by atoms with E-state index in [9.17, 15) is 0 Å². The molecule has 1 aliphatic rings. The maximum absolute atomic E-state index is 4.50. The fraction of sp³-hybridized carbons (Fsp3) is 1.00. The van der Waals surface area contributed by atoms with Crippen LogP contribution in [0.3, 0.4) is 0 Å². The molecule has 0 spiro atoms. The van der Waals surface area contributed by atoms with E-state index in [0.717, 1.165) is 0 Å². The average Bonchev–Trinajstić information content (AvgIpc) is 2.19. The Morgan fingerprint density at radius 1 is 1.00 bits per heavy atom. The molecule has 1 saturated carbocycles. The topological polar surface area (TPSA) is 26.0 Å². The largest absolute Gasteiger partial charge is 0.333 e. The van der Waals surface area contributed by atoms with Crippen molar-refractivity contribution in [2.24, 2.45) is 5.73 Å². The van der Waals surface area contributed by atoms with Crippen molar-refractivity contribution in [3.8, 4) is 0 Å². The molecule has 32 valence electrons. The zero-order chi connectivity index (χ0) is 4.12. The van der Waals surface area contributed by atoms with Crippen molar-refractivity contribution in [2.75, 3.05) is 7.05 Å². The summed E-state index contributed by atoms with van der Waals surface area (Å²) < 4.78 is 0. The second kappa shape index (κ2) is 3.96. The van der Waals surface area contributed by atoms with Crippen molar-refractivity contribution in [3.63, 3.8) is 0 Å². The highest BCUT2D eigenvalue weighted by atomic mass is 14.4. The number of rotatable bonds is 0. The van der Waals surface area contributed by atoms with Gasteiger partial charge in [-0.3, -0.25) is 0 Å². The summed E-state index contributed by atoms with van der Waals surface area (Å²) in [6.45, 7) is 0. The van der Waals surface area contributed by atoms with Crippen molar-refractivity contribution in [2.45, 2.75) is 19.3 Å². The quantitative estimate of drug-likeness (QED) is 0.450. The Morgan fingerprint density at radius 3 is 1.20 bits per heavy atom. The molecule has 1 nitrogen and oxygen atoms in total. The van der Waals surface area contributed by atoms with Gasteiger partial charge in [-0.05, 0) is 7.05 Å². The first-order chi connectivity index (χ1) is 2.50. The zero-order valence-corrected chi connectivity index (χ0v) is 3.70. The molecule has 0 aromatic rings. The second-order valence-electron chi connectivity index (χ2n) is 1.06. The molecule has 0 atom stereocenters. The third-order valence-corrected chi connectivity index (χ3v) is 0.354. The van der Waals surface area contributed by atoms with Gasteiger partial charge in [0.1, 0.15) is 0 Å². The molecule has 0 saturated heterocycles. The Labute approximate surface area is 33.2 Å². The molecule has 0 unspecified atom stereocenters. The first-order valence-corrected chi connectivity index (χ1v) is 2.08. The lowest BCUT2D eigenvalue weighted by Crippen LogP contribution is -1.69. The maximum Gasteiger partial charge on any atom is -0.0195 e. The van der Waals surface area contributed by atoms with E-state index in [2.05, 4.69) is 5.73 Å². The summed E-state index contributed by atoms with van der Waals surface area (Å²) in [5.74, 6) is 0. The van der Waals surface area contributed by atoms with E-state index in [1.165, 1.54) is 26.3 Å².